The first-order valence-electron chi connectivity index (χ1n) is 5.00. The third-order valence-corrected chi connectivity index (χ3v) is 5.18. The molecule has 6 nitrogen and oxygen atoms in total. The van der Waals surface area contributed by atoms with E-state index < -0.39 is 9.73 Å². The van der Waals surface area contributed by atoms with E-state index in [0.29, 0.717) is 23.7 Å². The molecule has 1 aromatic heterocycles. The van der Waals surface area contributed by atoms with Crippen LogP contribution in [0.5, 0.6) is 0 Å². The topological polar surface area (TPSA) is 94.1 Å². The Bertz CT molecular complexity index is 608. The van der Waals surface area contributed by atoms with E-state index in [0.717, 1.165) is 11.3 Å². The van der Waals surface area contributed by atoms with Crippen molar-refractivity contribution in [2.75, 3.05) is 19.3 Å². The second-order valence-electron chi connectivity index (χ2n) is 4.18. The number of carbonyl (C=O) groups is 1. The summed E-state index contributed by atoms with van der Waals surface area (Å²) in [6, 6.07) is 0. The Labute approximate surface area is 103 Å². The lowest BCUT2D eigenvalue weighted by Crippen LogP contribution is -2.56. The smallest absolute Gasteiger partial charge is 0.305 e. The van der Waals surface area contributed by atoms with Crippen molar-refractivity contribution in [1.82, 2.24) is 9.88 Å². The first-order chi connectivity index (χ1) is 7.79. The van der Waals surface area contributed by atoms with Gasteiger partial charge in [-0.05, 0) is 6.92 Å². The highest BCUT2D eigenvalue weighted by Crippen LogP contribution is 2.20. The number of likely N-dealkylation sites (tertiary alicyclic amines) is 1. The average Bonchev–Trinajstić information content (AvgIpc) is 2.39. The highest BCUT2D eigenvalue weighted by molar-refractivity contribution is 7.92. The maximum absolute atomic E-state index is 11.9. The zero-order valence-electron chi connectivity index (χ0n) is 9.48. The van der Waals surface area contributed by atoms with E-state index in [1.807, 2.05) is 0 Å². The molecule has 0 saturated carbocycles. The van der Waals surface area contributed by atoms with Crippen LogP contribution >= 0.6 is 11.3 Å². The van der Waals surface area contributed by atoms with Gasteiger partial charge in [0.05, 0.1) is 5.25 Å². The number of thiazole rings is 1. The zero-order chi connectivity index (χ0) is 12.8. The van der Waals surface area contributed by atoms with Crippen molar-refractivity contribution in [3.05, 3.63) is 20.2 Å². The van der Waals surface area contributed by atoms with Gasteiger partial charge in [0, 0.05) is 34.0 Å². The molecule has 1 saturated heterocycles. The summed E-state index contributed by atoms with van der Waals surface area (Å²) in [5, 5.41) is -0.253. The van der Waals surface area contributed by atoms with E-state index in [2.05, 4.69) is 4.98 Å². The zero-order valence-corrected chi connectivity index (χ0v) is 11.1. The van der Waals surface area contributed by atoms with Crippen LogP contribution in [0.3, 0.4) is 0 Å². The molecule has 1 aromatic rings. The molecule has 1 unspecified atom stereocenters. The molecule has 2 heterocycles. The molecule has 0 spiro atoms. The van der Waals surface area contributed by atoms with E-state index in [1.165, 1.54) is 11.2 Å². The summed E-state index contributed by atoms with van der Waals surface area (Å²) in [5.74, 6) is -0.249. The van der Waals surface area contributed by atoms with E-state index in [9.17, 15) is 13.8 Å². The number of amides is 1. The predicted octanol–water partition coefficient (Wildman–Crippen LogP) is 0.246. The lowest BCUT2D eigenvalue weighted by atomic mass is 10.2. The lowest BCUT2D eigenvalue weighted by molar-refractivity contribution is 0.0654. The monoisotopic (exact) mass is 275 g/mol. The van der Waals surface area contributed by atoms with Gasteiger partial charge in [0.25, 0.3) is 5.91 Å². The van der Waals surface area contributed by atoms with Crippen LogP contribution in [0.4, 0.5) is 0 Å². The minimum absolute atomic E-state index is 0.247. The summed E-state index contributed by atoms with van der Waals surface area (Å²) in [6.07, 6.45) is 1.39. The second-order valence-corrected chi connectivity index (χ2v) is 7.84. The van der Waals surface area contributed by atoms with Gasteiger partial charge in [-0.1, -0.05) is 11.3 Å². The van der Waals surface area contributed by atoms with Crippen molar-refractivity contribution in [2.45, 2.75) is 12.2 Å². The molecule has 2 N–H and O–H groups in total. The van der Waals surface area contributed by atoms with Crippen LogP contribution in [-0.4, -0.2) is 44.6 Å². The van der Waals surface area contributed by atoms with Crippen LogP contribution in [0.2, 0.25) is 0 Å². The van der Waals surface area contributed by atoms with E-state index >= 15 is 0 Å². The Morgan fingerprint density at radius 1 is 1.59 bits per heavy atom. The third-order valence-electron chi connectivity index (χ3n) is 2.81. The summed E-state index contributed by atoms with van der Waals surface area (Å²) >= 11 is 1.00. The van der Waals surface area contributed by atoms with Crippen molar-refractivity contribution in [2.24, 2.45) is 0 Å². The standard InChI is InChI=1S/C9H13N3O3S2/c1-5-7(11-9(14)16-5)8(13)12-3-6(4-12)17(2,10)15/h6,10H,3-4H2,1-2H3,(H,11,14). The van der Waals surface area contributed by atoms with E-state index in [-0.39, 0.29) is 16.0 Å². The first kappa shape index (κ1) is 12.3. The van der Waals surface area contributed by atoms with Crippen LogP contribution in [0.15, 0.2) is 4.79 Å². The van der Waals surface area contributed by atoms with Crippen molar-refractivity contribution < 1.29 is 9.00 Å². The van der Waals surface area contributed by atoms with E-state index in [4.69, 9.17) is 4.78 Å². The fourth-order valence-electron chi connectivity index (χ4n) is 1.66. The van der Waals surface area contributed by atoms with Gasteiger partial charge >= 0.3 is 4.87 Å². The number of carbonyl (C=O) groups excluding carboxylic acids is 1. The quantitative estimate of drug-likeness (QED) is 0.810. The number of aryl methyl sites for hydroxylation is 1. The van der Waals surface area contributed by atoms with Crippen LogP contribution in [0, 0.1) is 11.7 Å². The molecular weight excluding hydrogens is 262 g/mol. The molecule has 1 aliphatic rings. The van der Waals surface area contributed by atoms with Crippen molar-refractivity contribution >= 4 is 27.0 Å². The number of hydrogen-bond acceptors (Lipinski definition) is 5. The number of rotatable bonds is 2. The first-order valence-corrected chi connectivity index (χ1v) is 7.85. The molecule has 1 atom stereocenters. The van der Waals surface area contributed by atoms with Gasteiger partial charge in [-0.3, -0.25) is 14.4 Å². The fraction of sp³-hybridized carbons (Fsp3) is 0.556. The number of hydrogen-bond donors (Lipinski definition) is 2. The van der Waals surface area contributed by atoms with Gasteiger partial charge in [-0.2, -0.15) is 0 Å². The Hall–Kier alpha value is -1.15. The molecule has 0 aromatic carbocycles. The molecular formula is C9H13N3O3S2. The summed E-state index contributed by atoms with van der Waals surface area (Å²) < 4.78 is 18.8. The molecule has 0 bridgehead atoms. The Kier molecular flexibility index (Phi) is 2.86. The molecule has 17 heavy (non-hydrogen) atoms. The highest BCUT2D eigenvalue weighted by Gasteiger charge is 2.36. The highest BCUT2D eigenvalue weighted by atomic mass is 32.2. The SMILES string of the molecule is Cc1sc(=O)[nH]c1C(=O)N1CC(S(C)(=N)=O)C1. The number of H-pyrrole nitrogens is 1. The van der Waals surface area contributed by atoms with Gasteiger partial charge < -0.3 is 9.88 Å². The van der Waals surface area contributed by atoms with Gasteiger partial charge in [0.1, 0.15) is 5.69 Å². The maximum atomic E-state index is 11.9. The predicted molar refractivity (Wildman–Crippen MR) is 66.2 cm³/mol. The Balaban J connectivity index is 2.10. The molecule has 1 amide bonds. The largest absolute Gasteiger partial charge is 0.335 e. The van der Waals surface area contributed by atoms with E-state index in [1.54, 1.807) is 6.92 Å². The number of aromatic amines is 1. The van der Waals surface area contributed by atoms with Gasteiger partial charge in [0.15, 0.2) is 0 Å². The minimum atomic E-state index is -2.58. The second kappa shape index (κ2) is 3.95. The van der Waals surface area contributed by atoms with Crippen molar-refractivity contribution in [1.29, 1.82) is 4.78 Å². The maximum Gasteiger partial charge on any atom is 0.305 e. The van der Waals surface area contributed by atoms with Crippen LogP contribution in [0.25, 0.3) is 0 Å². The normalized spacial score (nSPS) is 19.8. The molecule has 2 rings (SSSR count). The van der Waals surface area contributed by atoms with Crippen LogP contribution < -0.4 is 4.87 Å². The van der Waals surface area contributed by atoms with Crippen LogP contribution in [-0.2, 0) is 9.73 Å². The number of nitrogens with zero attached hydrogens (tertiary/aromatic N) is 1. The number of nitrogens with one attached hydrogen (secondary N) is 2. The summed E-state index contributed by atoms with van der Waals surface area (Å²) in [6.45, 7) is 2.37. The number of aromatic nitrogens is 1. The van der Waals surface area contributed by atoms with Gasteiger partial charge in [0.2, 0.25) is 0 Å². The Morgan fingerprint density at radius 3 is 2.59 bits per heavy atom. The third kappa shape index (κ3) is 2.27. The summed E-state index contributed by atoms with van der Waals surface area (Å²) in [7, 11) is -2.58. The van der Waals surface area contributed by atoms with Crippen molar-refractivity contribution in [3.63, 3.8) is 0 Å². The van der Waals surface area contributed by atoms with Gasteiger partial charge in [-0.15, -0.1) is 0 Å². The fourth-order valence-corrected chi connectivity index (χ4v) is 3.26. The molecule has 1 fully saturated rings. The van der Waals surface area contributed by atoms with Crippen LogP contribution in [0.1, 0.15) is 15.4 Å². The molecule has 1 aliphatic heterocycles. The molecule has 94 valence electrons. The average molecular weight is 275 g/mol. The molecule has 0 aliphatic carbocycles. The van der Waals surface area contributed by atoms with Crippen molar-refractivity contribution in [3.8, 4) is 0 Å². The summed E-state index contributed by atoms with van der Waals surface area (Å²) in [5.41, 5.74) is 0.311. The lowest BCUT2D eigenvalue weighted by Gasteiger charge is -2.38. The minimum Gasteiger partial charge on any atom is -0.335 e. The van der Waals surface area contributed by atoms with Gasteiger partial charge in [-0.25, -0.2) is 4.21 Å². The summed E-state index contributed by atoms with van der Waals surface area (Å²) in [4.78, 5) is 27.4. The molecule has 0 radical (unpaired) electrons. The molecule has 8 heteroatoms. The Morgan fingerprint density at radius 2 is 2.18 bits per heavy atom.